The van der Waals surface area contributed by atoms with Crippen LogP contribution in [0.4, 0.5) is 0 Å². The number of nitrogens with zero attached hydrogens (tertiary/aromatic N) is 2. The first-order valence-corrected chi connectivity index (χ1v) is 9.11. The van der Waals surface area contributed by atoms with Gasteiger partial charge in [-0.1, -0.05) is 12.1 Å². The number of aryl methyl sites for hydroxylation is 1. The molecule has 6 nitrogen and oxygen atoms in total. The minimum Gasteiger partial charge on any atom is -0.464 e. The molecule has 0 spiro atoms. The minimum atomic E-state index is -0.146. The third kappa shape index (κ3) is 3.69. The van der Waals surface area contributed by atoms with Gasteiger partial charge in [-0.3, -0.25) is 9.59 Å². The van der Waals surface area contributed by atoms with Crippen LogP contribution in [-0.2, 0) is 0 Å². The molecule has 6 heteroatoms. The highest BCUT2D eigenvalue weighted by molar-refractivity contribution is 5.95. The number of rotatable bonds is 3. The van der Waals surface area contributed by atoms with Crippen molar-refractivity contribution >= 4 is 5.91 Å². The second kappa shape index (κ2) is 7.23. The van der Waals surface area contributed by atoms with Crippen molar-refractivity contribution in [3.8, 4) is 11.3 Å². The molecule has 2 aromatic heterocycles. The third-order valence-electron chi connectivity index (χ3n) is 4.92. The predicted molar refractivity (Wildman–Crippen MR) is 102 cm³/mol. The van der Waals surface area contributed by atoms with E-state index in [2.05, 4.69) is 9.97 Å². The number of hydrogen-bond donors (Lipinski definition) is 1. The fourth-order valence-electron chi connectivity index (χ4n) is 3.65. The maximum absolute atomic E-state index is 13.0. The van der Waals surface area contributed by atoms with Gasteiger partial charge in [0.15, 0.2) is 0 Å². The van der Waals surface area contributed by atoms with E-state index >= 15 is 0 Å². The van der Waals surface area contributed by atoms with Crippen molar-refractivity contribution in [2.24, 2.45) is 0 Å². The highest BCUT2D eigenvalue weighted by atomic mass is 16.3. The molecule has 1 aromatic carbocycles. The largest absolute Gasteiger partial charge is 0.464 e. The van der Waals surface area contributed by atoms with Gasteiger partial charge in [0, 0.05) is 36.2 Å². The number of aromatic amines is 1. The molecule has 1 fully saturated rings. The van der Waals surface area contributed by atoms with Gasteiger partial charge in [-0.2, -0.15) is 0 Å². The van der Waals surface area contributed by atoms with E-state index in [4.69, 9.17) is 4.42 Å². The first-order chi connectivity index (χ1) is 13.1. The number of likely N-dealkylation sites (tertiary alicyclic amines) is 1. The highest BCUT2D eigenvalue weighted by Crippen LogP contribution is 2.27. The Bertz CT molecular complexity index is 1010. The zero-order chi connectivity index (χ0) is 18.8. The van der Waals surface area contributed by atoms with Crippen LogP contribution in [0.25, 0.3) is 11.3 Å². The van der Waals surface area contributed by atoms with Crippen LogP contribution in [0.3, 0.4) is 0 Å². The van der Waals surface area contributed by atoms with Gasteiger partial charge in [-0.25, -0.2) is 4.98 Å². The van der Waals surface area contributed by atoms with Crippen molar-refractivity contribution in [1.29, 1.82) is 0 Å². The van der Waals surface area contributed by atoms with Gasteiger partial charge >= 0.3 is 0 Å². The van der Waals surface area contributed by atoms with Gasteiger partial charge in [0.1, 0.15) is 11.6 Å². The van der Waals surface area contributed by atoms with Crippen molar-refractivity contribution in [2.75, 3.05) is 13.1 Å². The van der Waals surface area contributed by atoms with Crippen molar-refractivity contribution in [2.45, 2.75) is 25.7 Å². The number of carbonyl (C=O) groups excluding carboxylic acids is 1. The number of hydrogen-bond acceptors (Lipinski definition) is 4. The van der Waals surface area contributed by atoms with Crippen molar-refractivity contribution in [3.63, 3.8) is 0 Å². The number of benzene rings is 1. The van der Waals surface area contributed by atoms with Crippen LogP contribution in [0, 0.1) is 6.92 Å². The standard InChI is InChI=1S/C21H21N3O3/c1-14-22-18(12-20(25)23-14)17-7-3-9-24(13-17)21(26)16-6-2-5-15(11-16)19-8-4-10-27-19/h2,4-6,8,10-12,17H,3,7,9,13H2,1H3,(H,22,23,25)/t17-/m1/s1. The molecule has 1 amide bonds. The van der Waals surface area contributed by atoms with Crippen LogP contribution >= 0.6 is 0 Å². The van der Waals surface area contributed by atoms with Crippen LogP contribution < -0.4 is 5.56 Å². The average molecular weight is 363 g/mol. The van der Waals surface area contributed by atoms with E-state index in [0.29, 0.717) is 24.5 Å². The maximum atomic E-state index is 13.0. The second-order valence-corrected chi connectivity index (χ2v) is 6.90. The molecule has 27 heavy (non-hydrogen) atoms. The predicted octanol–water partition coefficient (Wildman–Crippen LogP) is 3.36. The van der Waals surface area contributed by atoms with Gasteiger partial charge in [0.2, 0.25) is 0 Å². The summed E-state index contributed by atoms with van der Waals surface area (Å²) in [7, 11) is 0. The fraction of sp³-hybridized carbons (Fsp3) is 0.286. The summed E-state index contributed by atoms with van der Waals surface area (Å²) in [5, 5.41) is 0. The first kappa shape index (κ1) is 17.3. The van der Waals surface area contributed by atoms with Crippen molar-refractivity contribution in [3.05, 3.63) is 76.2 Å². The monoisotopic (exact) mass is 363 g/mol. The summed E-state index contributed by atoms with van der Waals surface area (Å²) < 4.78 is 5.43. The molecule has 1 aliphatic heterocycles. The van der Waals surface area contributed by atoms with E-state index < -0.39 is 0 Å². The van der Waals surface area contributed by atoms with Crippen LogP contribution in [0.5, 0.6) is 0 Å². The van der Waals surface area contributed by atoms with E-state index in [1.165, 1.54) is 0 Å². The summed E-state index contributed by atoms with van der Waals surface area (Å²) in [6.07, 6.45) is 3.43. The van der Waals surface area contributed by atoms with Gasteiger partial charge in [0.05, 0.1) is 12.0 Å². The van der Waals surface area contributed by atoms with Crippen molar-refractivity contribution in [1.82, 2.24) is 14.9 Å². The fourth-order valence-corrected chi connectivity index (χ4v) is 3.65. The summed E-state index contributed by atoms with van der Waals surface area (Å²) >= 11 is 0. The Hall–Kier alpha value is -3.15. The molecule has 1 N–H and O–H groups in total. The molecule has 1 atom stereocenters. The van der Waals surface area contributed by atoms with Gasteiger partial charge in [0.25, 0.3) is 11.5 Å². The summed E-state index contributed by atoms with van der Waals surface area (Å²) in [4.78, 5) is 33.8. The van der Waals surface area contributed by atoms with Crippen LogP contribution in [-0.4, -0.2) is 33.9 Å². The quantitative estimate of drug-likeness (QED) is 0.774. The number of piperidine rings is 1. The summed E-state index contributed by atoms with van der Waals surface area (Å²) in [5.74, 6) is 1.42. The lowest BCUT2D eigenvalue weighted by molar-refractivity contribution is 0.0706. The molecule has 0 radical (unpaired) electrons. The molecule has 0 saturated carbocycles. The van der Waals surface area contributed by atoms with Gasteiger partial charge in [-0.15, -0.1) is 0 Å². The topological polar surface area (TPSA) is 79.2 Å². The number of H-pyrrole nitrogens is 1. The van der Waals surface area contributed by atoms with Crippen LogP contribution in [0.1, 0.15) is 40.6 Å². The zero-order valence-corrected chi connectivity index (χ0v) is 15.1. The molecule has 1 aliphatic rings. The van der Waals surface area contributed by atoms with E-state index in [0.717, 1.165) is 29.9 Å². The number of aromatic nitrogens is 2. The van der Waals surface area contributed by atoms with Crippen LogP contribution in [0.15, 0.2) is 57.9 Å². The number of carbonyl (C=O) groups is 1. The minimum absolute atomic E-state index is 0.00494. The van der Waals surface area contributed by atoms with Crippen molar-refractivity contribution < 1.29 is 9.21 Å². The Morgan fingerprint density at radius 2 is 2.15 bits per heavy atom. The summed E-state index contributed by atoms with van der Waals surface area (Å²) in [5.41, 5.74) is 2.14. The summed E-state index contributed by atoms with van der Waals surface area (Å²) in [6.45, 7) is 3.05. The Balaban J connectivity index is 1.55. The lowest BCUT2D eigenvalue weighted by Crippen LogP contribution is -2.39. The molecular formula is C21H21N3O3. The molecule has 4 rings (SSSR count). The van der Waals surface area contributed by atoms with E-state index in [1.807, 2.05) is 41.3 Å². The summed E-state index contributed by atoms with van der Waals surface area (Å²) in [6, 6.07) is 12.7. The molecular weight excluding hydrogens is 342 g/mol. The Morgan fingerprint density at radius 1 is 1.26 bits per heavy atom. The van der Waals surface area contributed by atoms with Crippen LogP contribution in [0.2, 0.25) is 0 Å². The van der Waals surface area contributed by atoms with E-state index in [-0.39, 0.29) is 17.4 Å². The van der Waals surface area contributed by atoms with Gasteiger partial charge < -0.3 is 14.3 Å². The van der Waals surface area contributed by atoms with Gasteiger partial charge in [-0.05, 0) is 44.0 Å². The van der Waals surface area contributed by atoms with E-state index in [1.54, 1.807) is 19.3 Å². The third-order valence-corrected chi connectivity index (χ3v) is 4.92. The molecule has 3 heterocycles. The zero-order valence-electron chi connectivity index (χ0n) is 15.1. The number of amides is 1. The average Bonchev–Trinajstić information content (AvgIpc) is 3.22. The molecule has 3 aromatic rings. The molecule has 0 bridgehead atoms. The number of nitrogens with one attached hydrogen (secondary N) is 1. The lowest BCUT2D eigenvalue weighted by Gasteiger charge is -2.32. The Kier molecular flexibility index (Phi) is 4.62. The highest BCUT2D eigenvalue weighted by Gasteiger charge is 2.27. The first-order valence-electron chi connectivity index (χ1n) is 9.11. The lowest BCUT2D eigenvalue weighted by atomic mass is 9.94. The smallest absolute Gasteiger partial charge is 0.253 e. The molecule has 1 saturated heterocycles. The second-order valence-electron chi connectivity index (χ2n) is 6.90. The molecule has 0 unspecified atom stereocenters. The Labute approximate surface area is 156 Å². The molecule has 138 valence electrons. The normalized spacial score (nSPS) is 17.1. The Morgan fingerprint density at radius 3 is 2.93 bits per heavy atom. The van der Waals surface area contributed by atoms with E-state index in [9.17, 15) is 9.59 Å². The SMILES string of the molecule is Cc1nc([C@@H]2CCCN(C(=O)c3cccc(-c4ccco4)c3)C2)cc(=O)[nH]1. The molecule has 0 aliphatic carbocycles. The number of furan rings is 1. The maximum Gasteiger partial charge on any atom is 0.253 e.